The molecular formula is C19H18N2O5S. The summed E-state index contributed by atoms with van der Waals surface area (Å²) in [5.74, 6) is -0.0916. The van der Waals surface area contributed by atoms with E-state index in [-0.39, 0.29) is 5.78 Å². The molecule has 3 aromatic rings. The molecule has 0 fully saturated rings. The zero-order chi connectivity index (χ0) is 19.7. The number of benzene rings is 1. The fourth-order valence-electron chi connectivity index (χ4n) is 2.62. The maximum Gasteiger partial charge on any atom is 0.336 e. The third kappa shape index (κ3) is 4.06. The van der Waals surface area contributed by atoms with E-state index in [1.807, 2.05) is 6.92 Å². The highest BCUT2D eigenvalue weighted by molar-refractivity contribution is 7.17. The van der Waals surface area contributed by atoms with Gasteiger partial charge < -0.3 is 9.15 Å². The molecule has 0 saturated heterocycles. The van der Waals surface area contributed by atoms with Crippen LogP contribution in [0.3, 0.4) is 0 Å². The van der Waals surface area contributed by atoms with Crippen molar-refractivity contribution in [1.82, 2.24) is 4.98 Å². The van der Waals surface area contributed by atoms with Gasteiger partial charge in [-0.15, -0.1) is 0 Å². The Hall–Kier alpha value is -3.00. The number of amides is 1. The maximum absolute atomic E-state index is 12.4. The SMILES string of the molecule is CC(=O)c1sc(NC(=O)[C@@H](C)Oc2ccc3c(C)cc(=O)oc3c2)nc1C. The first-order valence-electron chi connectivity index (χ1n) is 8.25. The summed E-state index contributed by atoms with van der Waals surface area (Å²) in [6.07, 6.45) is -0.816. The monoisotopic (exact) mass is 386 g/mol. The number of aromatic nitrogens is 1. The Morgan fingerprint density at radius 3 is 2.67 bits per heavy atom. The number of fused-ring (bicyclic) bond motifs is 1. The first kappa shape index (κ1) is 18.8. The van der Waals surface area contributed by atoms with E-state index in [0.717, 1.165) is 22.3 Å². The molecule has 0 aliphatic heterocycles. The summed E-state index contributed by atoms with van der Waals surface area (Å²) >= 11 is 1.13. The van der Waals surface area contributed by atoms with Gasteiger partial charge >= 0.3 is 5.63 Å². The molecule has 140 valence electrons. The summed E-state index contributed by atoms with van der Waals surface area (Å²) in [5.41, 5.74) is 1.34. The Balaban J connectivity index is 1.74. The van der Waals surface area contributed by atoms with E-state index in [4.69, 9.17) is 9.15 Å². The Bertz CT molecular complexity index is 1100. The van der Waals surface area contributed by atoms with Crippen LogP contribution in [-0.2, 0) is 4.79 Å². The van der Waals surface area contributed by atoms with E-state index in [1.54, 1.807) is 32.0 Å². The van der Waals surface area contributed by atoms with Crippen molar-refractivity contribution in [3.63, 3.8) is 0 Å². The van der Waals surface area contributed by atoms with Crippen LogP contribution in [0.5, 0.6) is 5.75 Å². The Labute approximate surface area is 159 Å². The van der Waals surface area contributed by atoms with Gasteiger partial charge in [0.2, 0.25) is 0 Å². The number of nitrogens with one attached hydrogen (secondary N) is 1. The number of ether oxygens (including phenoxy) is 1. The molecule has 3 rings (SSSR count). The number of anilines is 1. The number of hydrogen-bond acceptors (Lipinski definition) is 7. The predicted molar refractivity (Wildman–Crippen MR) is 103 cm³/mol. The smallest absolute Gasteiger partial charge is 0.336 e. The van der Waals surface area contributed by atoms with Crippen LogP contribution in [0.25, 0.3) is 11.0 Å². The lowest BCUT2D eigenvalue weighted by Gasteiger charge is -2.14. The van der Waals surface area contributed by atoms with Gasteiger partial charge in [-0.2, -0.15) is 0 Å². The van der Waals surface area contributed by atoms with Gasteiger partial charge in [0.25, 0.3) is 5.91 Å². The molecule has 1 amide bonds. The Morgan fingerprint density at radius 2 is 2.00 bits per heavy atom. The highest BCUT2D eigenvalue weighted by Gasteiger charge is 2.19. The molecule has 2 heterocycles. The molecule has 0 unspecified atom stereocenters. The number of aryl methyl sites for hydroxylation is 2. The standard InChI is InChI=1S/C19H18N2O5S/c1-9-7-16(23)26-15-8-13(5-6-14(9)15)25-12(4)18(24)21-19-20-10(2)17(27-19)11(3)22/h5-8,12H,1-4H3,(H,20,21,24)/t12-/m1/s1. The molecule has 7 nitrogen and oxygen atoms in total. The average molecular weight is 386 g/mol. The van der Waals surface area contributed by atoms with Gasteiger partial charge in [-0.1, -0.05) is 11.3 Å². The summed E-state index contributed by atoms with van der Waals surface area (Å²) in [7, 11) is 0. The number of hydrogen-bond donors (Lipinski definition) is 1. The molecular weight excluding hydrogens is 368 g/mol. The Kier molecular flexibility index (Phi) is 5.09. The molecule has 0 radical (unpaired) electrons. The minimum absolute atomic E-state index is 0.0947. The second-order valence-corrected chi connectivity index (χ2v) is 7.14. The van der Waals surface area contributed by atoms with Crippen molar-refractivity contribution < 1.29 is 18.7 Å². The highest BCUT2D eigenvalue weighted by Crippen LogP contribution is 2.25. The number of carbonyl (C=O) groups is 2. The maximum atomic E-state index is 12.4. The van der Waals surface area contributed by atoms with E-state index in [0.29, 0.717) is 27.0 Å². The van der Waals surface area contributed by atoms with E-state index >= 15 is 0 Å². The summed E-state index contributed by atoms with van der Waals surface area (Å²) in [5, 5.41) is 3.80. The third-order valence-electron chi connectivity index (χ3n) is 3.95. The molecule has 0 spiro atoms. The van der Waals surface area contributed by atoms with Crippen molar-refractivity contribution in [2.75, 3.05) is 5.32 Å². The van der Waals surface area contributed by atoms with E-state index in [2.05, 4.69) is 10.3 Å². The molecule has 1 atom stereocenters. The molecule has 2 aromatic heterocycles. The van der Waals surface area contributed by atoms with Crippen LogP contribution in [-0.4, -0.2) is 22.8 Å². The molecule has 8 heteroatoms. The van der Waals surface area contributed by atoms with Crippen molar-refractivity contribution in [3.8, 4) is 5.75 Å². The highest BCUT2D eigenvalue weighted by atomic mass is 32.1. The predicted octanol–water partition coefficient (Wildman–Crippen LogP) is 3.47. The Morgan fingerprint density at radius 1 is 1.26 bits per heavy atom. The molecule has 1 aromatic carbocycles. The number of thiazole rings is 1. The zero-order valence-electron chi connectivity index (χ0n) is 15.3. The number of carbonyl (C=O) groups excluding carboxylic acids is 2. The summed E-state index contributed by atoms with van der Waals surface area (Å²) in [4.78, 5) is 40.1. The number of nitrogens with zero attached hydrogens (tertiary/aromatic N) is 1. The van der Waals surface area contributed by atoms with Crippen molar-refractivity contribution in [3.05, 3.63) is 50.8 Å². The topological polar surface area (TPSA) is 98.5 Å². The van der Waals surface area contributed by atoms with E-state index in [9.17, 15) is 14.4 Å². The minimum Gasteiger partial charge on any atom is -0.481 e. The second-order valence-electron chi connectivity index (χ2n) is 6.15. The summed E-state index contributed by atoms with van der Waals surface area (Å²) in [6, 6.07) is 6.48. The van der Waals surface area contributed by atoms with E-state index < -0.39 is 17.6 Å². The number of Topliss-reactive ketones (excluding diaryl/α,β-unsaturated/α-hetero) is 1. The van der Waals surface area contributed by atoms with Crippen LogP contribution < -0.4 is 15.7 Å². The summed E-state index contributed by atoms with van der Waals surface area (Å²) < 4.78 is 10.8. The molecule has 27 heavy (non-hydrogen) atoms. The second kappa shape index (κ2) is 7.32. The van der Waals surface area contributed by atoms with Crippen LogP contribution in [0.2, 0.25) is 0 Å². The zero-order valence-corrected chi connectivity index (χ0v) is 16.1. The van der Waals surface area contributed by atoms with Gasteiger partial charge in [-0.3, -0.25) is 14.9 Å². The van der Waals surface area contributed by atoms with Crippen LogP contribution >= 0.6 is 11.3 Å². The summed E-state index contributed by atoms with van der Waals surface area (Å²) in [6.45, 7) is 6.59. The van der Waals surface area contributed by atoms with Gasteiger partial charge in [0.05, 0.1) is 10.6 Å². The van der Waals surface area contributed by atoms with Crippen molar-refractivity contribution in [2.24, 2.45) is 0 Å². The normalized spacial score (nSPS) is 12.0. The fraction of sp³-hybridized carbons (Fsp3) is 0.263. The molecule has 0 saturated carbocycles. The lowest BCUT2D eigenvalue weighted by molar-refractivity contribution is -0.122. The van der Waals surface area contributed by atoms with Crippen molar-refractivity contribution >= 4 is 39.1 Å². The van der Waals surface area contributed by atoms with E-state index in [1.165, 1.54) is 13.0 Å². The fourth-order valence-corrected chi connectivity index (χ4v) is 3.48. The first-order chi connectivity index (χ1) is 12.7. The van der Waals surface area contributed by atoms with Gasteiger partial charge in [0, 0.05) is 24.4 Å². The third-order valence-corrected chi connectivity index (χ3v) is 5.13. The van der Waals surface area contributed by atoms with Crippen LogP contribution in [0.1, 0.15) is 34.8 Å². The molecule has 0 bridgehead atoms. The van der Waals surface area contributed by atoms with Gasteiger partial charge in [0.15, 0.2) is 17.0 Å². The van der Waals surface area contributed by atoms with Gasteiger partial charge in [-0.05, 0) is 38.5 Å². The molecule has 1 N–H and O–H groups in total. The van der Waals surface area contributed by atoms with Crippen LogP contribution in [0, 0.1) is 13.8 Å². The van der Waals surface area contributed by atoms with Crippen LogP contribution in [0.15, 0.2) is 33.5 Å². The van der Waals surface area contributed by atoms with Gasteiger partial charge in [0.1, 0.15) is 11.3 Å². The molecule has 0 aliphatic rings. The lowest BCUT2D eigenvalue weighted by Crippen LogP contribution is -2.30. The number of rotatable bonds is 5. The van der Waals surface area contributed by atoms with Gasteiger partial charge in [-0.25, -0.2) is 9.78 Å². The average Bonchev–Trinajstić information content (AvgIpc) is 2.94. The first-order valence-corrected chi connectivity index (χ1v) is 9.06. The van der Waals surface area contributed by atoms with Crippen LogP contribution in [0.4, 0.5) is 5.13 Å². The lowest BCUT2D eigenvalue weighted by atomic mass is 10.1. The van der Waals surface area contributed by atoms with Crippen molar-refractivity contribution in [1.29, 1.82) is 0 Å². The largest absolute Gasteiger partial charge is 0.481 e. The quantitative estimate of drug-likeness (QED) is 0.532. The van der Waals surface area contributed by atoms with Crippen molar-refractivity contribution in [2.45, 2.75) is 33.8 Å². The molecule has 0 aliphatic carbocycles. The number of ketones is 1. The minimum atomic E-state index is -0.816.